The fourth-order valence-electron chi connectivity index (χ4n) is 3.99. The molecule has 5 heteroatoms. The molecule has 3 rings (SSSR count). The van der Waals surface area contributed by atoms with Gasteiger partial charge < -0.3 is 10.2 Å². The van der Waals surface area contributed by atoms with Crippen LogP contribution in [0, 0.1) is 5.41 Å². The van der Waals surface area contributed by atoms with E-state index in [0.717, 1.165) is 24.8 Å². The van der Waals surface area contributed by atoms with E-state index in [1.807, 2.05) is 18.3 Å². The molecular weight excluding hydrogens is 300 g/mol. The van der Waals surface area contributed by atoms with Crippen LogP contribution in [0.5, 0.6) is 0 Å². The summed E-state index contributed by atoms with van der Waals surface area (Å²) in [5.41, 5.74) is 2.13. The number of nitrogens with one attached hydrogen (secondary N) is 1. The van der Waals surface area contributed by atoms with Gasteiger partial charge in [0.2, 0.25) is 0 Å². The van der Waals surface area contributed by atoms with E-state index >= 15 is 0 Å². The van der Waals surface area contributed by atoms with Crippen molar-refractivity contribution in [3.05, 3.63) is 24.0 Å². The summed E-state index contributed by atoms with van der Waals surface area (Å²) >= 11 is 0. The molecule has 2 saturated heterocycles. The minimum Gasteiger partial charge on any atom is -0.370 e. The fraction of sp³-hybridized carbons (Fsp3) is 0.684. The highest BCUT2D eigenvalue weighted by atomic mass is 16.1. The lowest BCUT2D eigenvalue weighted by molar-refractivity contribution is 0.0958. The molecule has 2 fully saturated rings. The van der Waals surface area contributed by atoms with E-state index in [4.69, 9.17) is 0 Å². The minimum atomic E-state index is -0.131. The number of hydrogen-bond acceptors (Lipinski definition) is 4. The van der Waals surface area contributed by atoms with Crippen LogP contribution in [-0.2, 0) is 0 Å². The maximum absolute atomic E-state index is 11.6. The molecule has 1 unspecified atom stereocenters. The van der Waals surface area contributed by atoms with Gasteiger partial charge in [-0.05, 0) is 49.8 Å². The molecule has 2 aliphatic rings. The van der Waals surface area contributed by atoms with E-state index in [2.05, 4.69) is 33.9 Å². The number of carbonyl (C=O) groups is 1. The number of anilines is 1. The van der Waals surface area contributed by atoms with E-state index < -0.39 is 0 Å². The van der Waals surface area contributed by atoms with E-state index in [9.17, 15) is 4.79 Å². The Hall–Kier alpha value is -1.62. The fourth-order valence-corrected chi connectivity index (χ4v) is 3.99. The maximum atomic E-state index is 11.6. The van der Waals surface area contributed by atoms with Crippen LogP contribution in [0.4, 0.5) is 5.69 Å². The molecular formula is C19H30N4O. The molecule has 24 heavy (non-hydrogen) atoms. The van der Waals surface area contributed by atoms with Crippen molar-refractivity contribution in [1.82, 2.24) is 15.2 Å². The summed E-state index contributed by atoms with van der Waals surface area (Å²) < 4.78 is 0. The van der Waals surface area contributed by atoms with Gasteiger partial charge in [0.15, 0.2) is 0 Å². The van der Waals surface area contributed by atoms with E-state index in [-0.39, 0.29) is 5.91 Å². The third-order valence-electron chi connectivity index (χ3n) is 5.99. The summed E-state index contributed by atoms with van der Waals surface area (Å²) in [6, 6.07) is 4.56. The lowest BCUT2D eigenvalue weighted by Gasteiger charge is -2.38. The predicted molar refractivity (Wildman–Crippen MR) is 97.5 cm³/mol. The molecule has 0 spiro atoms. The second-order valence-electron chi connectivity index (χ2n) is 7.58. The Morgan fingerprint density at radius 3 is 2.62 bits per heavy atom. The Bertz CT molecular complexity index is 565. The summed E-state index contributed by atoms with van der Waals surface area (Å²) in [6.07, 6.45) is 6.89. The van der Waals surface area contributed by atoms with Crippen molar-refractivity contribution < 1.29 is 4.79 Å². The van der Waals surface area contributed by atoms with Crippen molar-refractivity contribution >= 4 is 11.6 Å². The number of pyridine rings is 1. The van der Waals surface area contributed by atoms with Crippen molar-refractivity contribution in [1.29, 1.82) is 0 Å². The number of piperidine rings is 1. The zero-order valence-electron chi connectivity index (χ0n) is 15.2. The van der Waals surface area contributed by atoms with E-state index in [1.54, 1.807) is 7.05 Å². The van der Waals surface area contributed by atoms with E-state index in [0.29, 0.717) is 11.1 Å². The molecule has 2 aliphatic heterocycles. The smallest absolute Gasteiger partial charge is 0.269 e. The molecule has 0 saturated carbocycles. The van der Waals surface area contributed by atoms with Crippen LogP contribution >= 0.6 is 0 Å². The average molecular weight is 330 g/mol. The number of hydrogen-bond donors (Lipinski definition) is 1. The van der Waals surface area contributed by atoms with Crippen molar-refractivity contribution in [3.63, 3.8) is 0 Å². The molecule has 5 nitrogen and oxygen atoms in total. The van der Waals surface area contributed by atoms with Gasteiger partial charge in [-0.25, -0.2) is 4.98 Å². The van der Waals surface area contributed by atoms with Gasteiger partial charge in [0.05, 0.1) is 11.9 Å². The predicted octanol–water partition coefficient (Wildman–Crippen LogP) is 2.53. The molecule has 0 aliphatic carbocycles. The van der Waals surface area contributed by atoms with Gasteiger partial charge in [-0.2, -0.15) is 0 Å². The number of carbonyl (C=O) groups excluding carboxylic acids is 1. The second kappa shape index (κ2) is 7.09. The van der Waals surface area contributed by atoms with Crippen LogP contribution in [0.15, 0.2) is 18.3 Å². The van der Waals surface area contributed by atoms with Crippen molar-refractivity contribution in [2.45, 2.75) is 45.6 Å². The van der Waals surface area contributed by atoms with Crippen LogP contribution in [0.2, 0.25) is 0 Å². The van der Waals surface area contributed by atoms with Crippen molar-refractivity contribution in [3.8, 4) is 0 Å². The highest BCUT2D eigenvalue weighted by Crippen LogP contribution is 2.36. The first-order valence-corrected chi connectivity index (χ1v) is 9.22. The summed E-state index contributed by atoms with van der Waals surface area (Å²) in [5, 5.41) is 2.61. The monoisotopic (exact) mass is 330 g/mol. The molecule has 0 bridgehead atoms. The van der Waals surface area contributed by atoms with Crippen LogP contribution in [0.25, 0.3) is 0 Å². The van der Waals surface area contributed by atoms with Gasteiger partial charge in [-0.15, -0.1) is 0 Å². The summed E-state index contributed by atoms with van der Waals surface area (Å²) in [4.78, 5) is 21.0. The summed E-state index contributed by atoms with van der Waals surface area (Å²) in [7, 11) is 1.63. The largest absolute Gasteiger partial charge is 0.370 e. The third-order valence-corrected chi connectivity index (χ3v) is 5.99. The SMILES string of the molecule is CCC1(C)CCN(C2CCN(c3ccc(C(=O)NC)nc3)CC2)C1. The molecule has 1 aromatic heterocycles. The van der Waals surface area contributed by atoms with Crippen LogP contribution in [-0.4, -0.2) is 55.1 Å². The van der Waals surface area contributed by atoms with Crippen LogP contribution in [0.1, 0.15) is 50.0 Å². The van der Waals surface area contributed by atoms with Crippen LogP contribution < -0.4 is 10.2 Å². The third kappa shape index (κ3) is 3.56. The Morgan fingerprint density at radius 2 is 2.08 bits per heavy atom. The molecule has 1 aromatic rings. The lowest BCUT2D eigenvalue weighted by Crippen LogP contribution is -2.44. The van der Waals surface area contributed by atoms with Crippen LogP contribution in [0.3, 0.4) is 0 Å². The first-order valence-electron chi connectivity index (χ1n) is 9.22. The Labute approximate surface area is 145 Å². The number of nitrogens with zero attached hydrogens (tertiary/aromatic N) is 3. The zero-order valence-corrected chi connectivity index (χ0v) is 15.2. The molecule has 0 radical (unpaired) electrons. The molecule has 1 atom stereocenters. The van der Waals surface area contributed by atoms with Gasteiger partial charge in [0.1, 0.15) is 5.69 Å². The summed E-state index contributed by atoms with van der Waals surface area (Å²) in [6.45, 7) is 9.42. The Kier molecular flexibility index (Phi) is 5.09. The van der Waals surface area contributed by atoms with Gasteiger partial charge in [-0.3, -0.25) is 9.69 Å². The topological polar surface area (TPSA) is 48.5 Å². The Morgan fingerprint density at radius 1 is 1.33 bits per heavy atom. The molecule has 132 valence electrons. The highest BCUT2D eigenvalue weighted by Gasteiger charge is 2.36. The standard InChI is InChI=1S/C19H30N4O/c1-4-19(2)9-12-23(14-19)15-7-10-22(11-8-15)16-5-6-17(21-13-16)18(24)20-3/h5-6,13,15H,4,7-12,14H2,1-3H3,(H,20,24). The first kappa shape index (κ1) is 17.2. The average Bonchev–Trinajstić information content (AvgIpc) is 3.04. The summed E-state index contributed by atoms with van der Waals surface area (Å²) in [5.74, 6) is -0.131. The first-order chi connectivity index (χ1) is 11.5. The number of amides is 1. The molecule has 3 heterocycles. The number of aromatic nitrogens is 1. The quantitative estimate of drug-likeness (QED) is 0.922. The van der Waals surface area contributed by atoms with Gasteiger partial charge >= 0.3 is 0 Å². The minimum absolute atomic E-state index is 0.131. The van der Waals surface area contributed by atoms with Gasteiger partial charge in [0, 0.05) is 32.7 Å². The van der Waals surface area contributed by atoms with Gasteiger partial charge in [0.25, 0.3) is 5.91 Å². The lowest BCUT2D eigenvalue weighted by atomic mass is 9.87. The number of rotatable bonds is 4. The van der Waals surface area contributed by atoms with E-state index in [1.165, 1.54) is 38.8 Å². The van der Waals surface area contributed by atoms with Crippen molar-refractivity contribution in [2.75, 3.05) is 38.1 Å². The van der Waals surface area contributed by atoms with Gasteiger partial charge in [-0.1, -0.05) is 13.8 Å². The maximum Gasteiger partial charge on any atom is 0.269 e. The zero-order chi connectivity index (χ0) is 17.2. The van der Waals surface area contributed by atoms with Crippen molar-refractivity contribution in [2.24, 2.45) is 5.41 Å². The Balaban J connectivity index is 1.55. The highest BCUT2D eigenvalue weighted by molar-refractivity contribution is 5.92. The molecule has 1 amide bonds. The second-order valence-corrected chi connectivity index (χ2v) is 7.58. The molecule has 1 N–H and O–H groups in total. The normalized spacial score (nSPS) is 25.9. The molecule has 0 aromatic carbocycles. The number of likely N-dealkylation sites (tertiary alicyclic amines) is 1.